The zero-order valence-corrected chi connectivity index (χ0v) is 18.0. The van der Waals surface area contributed by atoms with Crippen molar-refractivity contribution in [2.45, 2.75) is 18.4 Å². The number of carbonyl (C=O) groups excluding carboxylic acids is 1. The van der Waals surface area contributed by atoms with Gasteiger partial charge in [-0.3, -0.25) is 10.2 Å². The van der Waals surface area contributed by atoms with Crippen molar-refractivity contribution in [2.75, 3.05) is 45.2 Å². The lowest BCUT2D eigenvalue weighted by Gasteiger charge is -2.34. The second-order valence-corrected chi connectivity index (χ2v) is 8.81. The fourth-order valence-electron chi connectivity index (χ4n) is 3.34. The number of rotatable bonds is 7. The van der Waals surface area contributed by atoms with Crippen molar-refractivity contribution < 1.29 is 22.7 Å². The zero-order valence-electron chi connectivity index (χ0n) is 17.2. The summed E-state index contributed by atoms with van der Waals surface area (Å²) in [6, 6.07) is 14.5. The summed E-state index contributed by atoms with van der Waals surface area (Å²) in [5.74, 6) is 0.356. The fraction of sp³-hybridized carbons (Fsp3) is 0.381. The van der Waals surface area contributed by atoms with E-state index in [9.17, 15) is 13.2 Å². The molecule has 1 saturated heterocycles. The van der Waals surface area contributed by atoms with E-state index in [4.69, 9.17) is 9.47 Å². The van der Waals surface area contributed by atoms with Crippen LogP contribution in [0, 0.1) is 0 Å². The highest BCUT2D eigenvalue weighted by Crippen LogP contribution is 2.29. The third-order valence-electron chi connectivity index (χ3n) is 4.90. The average Bonchev–Trinajstić information content (AvgIpc) is 2.75. The van der Waals surface area contributed by atoms with Crippen LogP contribution in [-0.4, -0.2) is 63.6 Å². The predicted octanol–water partition coefficient (Wildman–Crippen LogP) is 2.77. The van der Waals surface area contributed by atoms with E-state index in [2.05, 4.69) is 22.3 Å². The van der Waals surface area contributed by atoms with Gasteiger partial charge < -0.3 is 9.47 Å². The number of benzene rings is 2. The van der Waals surface area contributed by atoms with Gasteiger partial charge in [0.05, 0.1) is 24.3 Å². The molecule has 0 unspecified atom stereocenters. The lowest BCUT2D eigenvalue weighted by atomic mass is 10.2. The molecule has 0 aliphatic carbocycles. The van der Waals surface area contributed by atoms with Gasteiger partial charge in [0.25, 0.3) is 0 Å². The first-order chi connectivity index (χ1) is 14.4. The van der Waals surface area contributed by atoms with Gasteiger partial charge in [-0.05, 0) is 30.7 Å². The van der Waals surface area contributed by atoms with Crippen molar-refractivity contribution in [1.29, 1.82) is 0 Å². The number of nitrogens with zero attached hydrogens (tertiary/aromatic N) is 2. The molecule has 0 saturated carbocycles. The Morgan fingerprint density at radius 2 is 1.77 bits per heavy atom. The van der Waals surface area contributed by atoms with E-state index in [1.165, 1.54) is 35.2 Å². The van der Waals surface area contributed by atoms with Crippen LogP contribution in [0.5, 0.6) is 5.75 Å². The van der Waals surface area contributed by atoms with E-state index in [1.807, 2.05) is 18.2 Å². The highest BCUT2D eigenvalue weighted by molar-refractivity contribution is 7.89. The number of carbonyl (C=O) groups is 1. The van der Waals surface area contributed by atoms with Gasteiger partial charge in [-0.15, -0.1) is 0 Å². The van der Waals surface area contributed by atoms with Gasteiger partial charge in [-0.2, -0.15) is 4.31 Å². The maximum absolute atomic E-state index is 13.1. The van der Waals surface area contributed by atoms with Gasteiger partial charge in [0.2, 0.25) is 10.0 Å². The molecule has 1 N–H and O–H groups in total. The largest absolute Gasteiger partial charge is 0.495 e. The summed E-state index contributed by atoms with van der Waals surface area (Å²) in [5.41, 5.74) is 1.46. The molecule has 1 aliphatic heterocycles. The summed E-state index contributed by atoms with van der Waals surface area (Å²) >= 11 is 0. The lowest BCUT2D eigenvalue weighted by Crippen LogP contribution is -2.48. The standard InChI is InChI=1S/C21H27N3O5S/c1-3-29-21(25)22-19-15-18(9-10-20(19)28-2)30(26,27)24-13-11-23(12-14-24)16-17-7-5-4-6-8-17/h4-10,15H,3,11-14,16H2,1-2H3,(H,22,25). The fourth-order valence-corrected chi connectivity index (χ4v) is 4.79. The van der Waals surface area contributed by atoms with E-state index in [0.717, 1.165) is 6.54 Å². The Labute approximate surface area is 177 Å². The summed E-state index contributed by atoms with van der Waals surface area (Å²) in [6.07, 6.45) is -0.667. The second kappa shape index (κ2) is 9.92. The molecule has 0 bridgehead atoms. The van der Waals surface area contributed by atoms with Crippen LogP contribution >= 0.6 is 0 Å². The Morgan fingerprint density at radius 1 is 1.07 bits per heavy atom. The van der Waals surface area contributed by atoms with Crippen LogP contribution in [0.4, 0.5) is 10.5 Å². The van der Waals surface area contributed by atoms with E-state index in [-0.39, 0.29) is 17.2 Å². The van der Waals surface area contributed by atoms with Gasteiger partial charge in [0.15, 0.2) is 0 Å². The topological polar surface area (TPSA) is 88.2 Å². The number of methoxy groups -OCH3 is 1. The predicted molar refractivity (Wildman–Crippen MR) is 114 cm³/mol. The maximum Gasteiger partial charge on any atom is 0.411 e. The van der Waals surface area contributed by atoms with Crippen LogP contribution in [0.25, 0.3) is 0 Å². The summed E-state index contributed by atoms with van der Waals surface area (Å²) in [7, 11) is -2.24. The van der Waals surface area contributed by atoms with Gasteiger partial charge in [-0.25, -0.2) is 13.2 Å². The molecule has 9 heteroatoms. The Balaban J connectivity index is 1.70. The maximum atomic E-state index is 13.1. The third kappa shape index (κ3) is 5.29. The molecule has 2 aromatic carbocycles. The number of hydrogen-bond acceptors (Lipinski definition) is 6. The van der Waals surface area contributed by atoms with Gasteiger partial charge in [-0.1, -0.05) is 30.3 Å². The van der Waals surface area contributed by atoms with Gasteiger partial charge in [0.1, 0.15) is 5.75 Å². The summed E-state index contributed by atoms with van der Waals surface area (Å²) in [6.45, 7) is 4.81. The molecule has 2 aromatic rings. The monoisotopic (exact) mass is 433 g/mol. The molecule has 0 radical (unpaired) electrons. The molecule has 1 aliphatic rings. The van der Waals surface area contributed by atoms with Crippen molar-refractivity contribution in [2.24, 2.45) is 0 Å². The summed E-state index contributed by atoms with van der Waals surface area (Å²) < 4.78 is 37.9. The Kier molecular flexibility index (Phi) is 7.30. The van der Waals surface area contributed by atoms with E-state index < -0.39 is 16.1 Å². The summed E-state index contributed by atoms with van der Waals surface area (Å²) in [5, 5.41) is 2.53. The van der Waals surface area contributed by atoms with E-state index in [1.54, 1.807) is 6.92 Å². The summed E-state index contributed by atoms with van der Waals surface area (Å²) in [4.78, 5) is 14.1. The Bertz CT molecular complexity index is 958. The SMILES string of the molecule is CCOC(=O)Nc1cc(S(=O)(=O)N2CCN(Cc3ccccc3)CC2)ccc1OC. The van der Waals surface area contributed by atoms with Crippen molar-refractivity contribution in [1.82, 2.24) is 9.21 Å². The van der Waals surface area contributed by atoms with Gasteiger partial charge >= 0.3 is 6.09 Å². The normalized spacial score (nSPS) is 15.5. The smallest absolute Gasteiger partial charge is 0.411 e. The van der Waals surface area contributed by atoms with Crippen molar-refractivity contribution in [3.63, 3.8) is 0 Å². The molecule has 1 heterocycles. The molecule has 1 fully saturated rings. The Morgan fingerprint density at radius 3 is 2.40 bits per heavy atom. The molecule has 0 aromatic heterocycles. The lowest BCUT2D eigenvalue weighted by molar-refractivity contribution is 0.167. The van der Waals surface area contributed by atoms with Crippen LogP contribution in [0.2, 0.25) is 0 Å². The molecule has 0 atom stereocenters. The van der Waals surface area contributed by atoms with Crippen LogP contribution < -0.4 is 10.1 Å². The number of ether oxygens (including phenoxy) is 2. The first kappa shape index (κ1) is 22.1. The van der Waals surface area contributed by atoms with Crippen molar-refractivity contribution >= 4 is 21.8 Å². The van der Waals surface area contributed by atoms with Crippen molar-refractivity contribution in [3.8, 4) is 5.75 Å². The minimum atomic E-state index is -3.69. The molecule has 0 spiro atoms. The third-order valence-corrected chi connectivity index (χ3v) is 6.80. The Hall–Kier alpha value is -2.62. The molecular formula is C21H27N3O5S. The number of sulfonamides is 1. The molecular weight excluding hydrogens is 406 g/mol. The number of piperazine rings is 1. The number of hydrogen-bond donors (Lipinski definition) is 1. The highest BCUT2D eigenvalue weighted by Gasteiger charge is 2.29. The average molecular weight is 434 g/mol. The van der Waals surface area contributed by atoms with Crippen LogP contribution in [0.15, 0.2) is 53.4 Å². The minimum Gasteiger partial charge on any atom is -0.495 e. The second-order valence-electron chi connectivity index (χ2n) is 6.87. The molecule has 8 nitrogen and oxygen atoms in total. The minimum absolute atomic E-state index is 0.103. The van der Waals surface area contributed by atoms with E-state index >= 15 is 0 Å². The van der Waals surface area contributed by atoms with Crippen LogP contribution in [0.3, 0.4) is 0 Å². The first-order valence-electron chi connectivity index (χ1n) is 9.82. The molecule has 3 rings (SSSR count). The molecule has 30 heavy (non-hydrogen) atoms. The quantitative estimate of drug-likeness (QED) is 0.722. The number of anilines is 1. The highest BCUT2D eigenvalue weighted by atomic mass is 32.2. The van der Waals surface area contributed by atoms with Crippen LogP contribution in [0.1, 0.15) is 12.5 Å². The zero-order chi connectivity index (χ0) is 21.6. The molecule has 1 amide bonds. The molecule has 162 valence electrons. The van der Waals surface area contributed by atoms with Crippen LogP contribution in [-0.2, 0) is 21.3 Å². The number of nitrogens with one attached hydrogen (secondary N) is 1. The number of amides is 1. The first-order valence-corrected chi connectivity index (χ1v) is 11.3. The van der Waals surface area contributed by atoms with Gasteiger partial charge in [0, 0.05) is 32.7 Å². The van der Waals surface area contributed by atoms with E-state index in [0.29, 0.717) is 31.9 Å². The van der Waals surface area contributed by atoms with Crippen molar-refractivity contribution in [3.05, 3.63) is 54.1 Å².